The molecule has 0 spiro atoms. The molecule has 0 aromatic heterocycles. The van der Waals surface area contributed by atoms with Crippen LogP contribution in [0.25, 0.3) is 0 Å². The van der Waals surface area contributed by atoms with Crippen molar-refractivity contribution in [3.63, 3.8) is 0 Å². The van der Waals surface area contributed by atoms with Crippen molar-refractivity contribution in [1.82, 2.24) is 10.6 Å². The van der Waals surface area contributed by atoms with Gasteiger partial charge in [0.25, 0.3) is 0 Å². The fraction of sp³-hybridized carbons (Fsp3) is 1.00. The molecule has 1 aliphatic carbocycles. The molecular formula is C13H26N2. The lowest BCUT2D eigenvalue weighted by molar-refractivity contribution is 0.304. The van der Waals surface area contributed by atoms with Crippen LogP contribution in [0.1, 0.15) is 39.5 Å². The van der Waals surface area contributed by atoms with Crippen LogP contribution in [0.2, 0.25) is 0 Å². The second-order valence-electron chi connectivity index (χ2n) is 5.84. The van der Waals surface area contributed by atoms with E-state index in [-0.39, 0.29) is 0 Å². The van der Waals surface area contributed by atoms with E-state index in [0.717, 1.165) is 11.8 Å². The third-order valence-corrected chi connectivity index (χ3v) is 4.49. The number of rotatable bonds is 5. The molecule has 2 heteroatoms. The summed E-state index contributed by atoms with van der Waals surface area (Å²) in [6.07, 6.45) is 5.62. The Morgan fingerprint density at radius 3 is 2.47 bits per heavy atom. The van der Waals surface area contributed by atoms with Gasteiger partial charge in [0.2, 0.25) is 0 Å². The highest BCUT2D eigenvalue weighted by Gasteiger charge is 2.44. The van der Waals surface area contributed by atoms with Gasteiger partial charge in [0, 0.05) is 6.54 Å². The van der Waals surface area contributed by atoms with Crippen molar-refractivity contribution in [2.75, 3.05) is 26.2 Å². The van der Waals surface area contributed by atoms with Crippen molar-refractivity contribution in [2.45, 2.75) is 39.5 Å². The zero-order chi connectivity index (χ0) is 10.7. The third-order valence-electron chi connectivity index (χ3n) is 4.49. The van der Waals surface area contributed by atoms with E-state index >= 15 is 0 Å². The fourth-order valence-electron chi connectivity index (χ4n) is 2.73. The first-order valence-electron chi connectivity index (χ1n) is 6.64. The van der Waals surface area contributed by atoms with E-state index < -0.39 is 0 Å². The molecule has 2 aliphatic rings. The lowest BCUT2D eigenvalue weighted by Crippen LogP contribution is -2.36. The first kappa shape index (κ1) is 11.4. The predicted molar refractivity (Wildman–Crippen MR) is 65.0 cm³/mol. The smallest absolute Gasteiger partial charge is 0.00104 e. The molecule has 2 nitrogen and oxygen atoms in total. The molecule has 0 amide bonds. The van der Waals surface area contributed by atoms with Crippen molar-refractivity contribution >= 4 is 0 Å². The van der Waals surface area contributed by atoms with Gasteiger partial charge in [-0.15, -0.1) is 0 Å². The Morgan fingerprint density at radius 1 is 1.27 bits per heavy atom. The Kier molecular flexibility index (Phi) is 3.68. The summed E-state index contributed by atoms with van der Waals surface area (Å²) in [5, 5.41) is 7.14. The minimum absolute atomic E-state index is 0.674. The number of nitrogens with one attached hydrogen (secondary N) is 2. The van der Waals surface area contributed by atoms with Gasteiger partial charge in [-0.2, -0.15) is 0 Å². The summed E-state index contributed by atoms with van der Waals surface area (Å²) in [6.45, 7) is 9.70. The van der Waals surface area contributed by atoms with Crippen molar-refractivity contribution in [3.05, 3.63) is 0 Å². The van der Waals surface area contributed by atoms with Gasteiger partial charge in [-0.25, -0.2) is 0 Å². The van der Waals surface area contributed by atoms with Crippen LogP contribution in [0.3, 0.4) is 0 Å². The maximum absolute atomic E-state index is 3.71. The molecule has 0 atom stereocenters. The first-order valence-corrected chi connectivity index (χ1v) is 6.64. The van der Waals surface area contributed by atoms with E-state index in [4.69, 9.17) is 0 Å². The number of hydrogen-bond donors (Lipinski definition) is 2. The summed E-state index contributed by atoms with van der Waals surface area (Å²) in [6, 6.07) is 0. The van der Waals surface area contributed by atoms with Gasteiger partial charge in [-0.1, -0.05) is 13.8 Å². The minimum atomic E-state index is 0.674. The average molecular weight is 210 g/mol. The van der Waals surface area contributed by atoms with E-state index in [0.29, 0.717) is 5.41 Å². The summed E-state index contributed by atoms with van der Waals surface area (Å²) in [5.41, 5.74) is 0.674. The van der Waals surface area contributed by atoms with Gasteiger partial charge in [-0.3, -0.25) is 0 Å². The molecule has 0 radical (unpaired) electrons. The van der Waals surface area contributed by atoms with Crippen LogP contribution in [0.15, 0.2) is 0 Å². The molecule has 0 aromatic rings. The fourth-order valence-corrected chi connectivity index (χ4v) is 2.73. The van der Waals surface area contributed by atoms with Gasteiger partial charge in [0.05, 0.1) is 0 Å². The quantitative estimate of drug-likeness (QED) is 0.725. The van der Waals surface area contributed by atoms with E-state index in [1.807, 2.05) is 0 Å². The monoisotopic (exact) mass is 210 g/mol. The summed E-state index contributed by atoms with van der Waals surface area (Å²) in [5.74, 6) is 1.78. The molecule has 15 heavy (non-hydrogen) atoms. The van der Waals surface area contributed by atoms with Gasteiger partial charge < -0.3 is 10.6 Å². The SMILES string of the molecule is CC(C)C1(CNCC2CCNCC2)CC1. The summed E-state index contributed by atoms with van der Waals surface area (Å²) in [7, 11) is 0. The summed E-state index contributed by atoms with van der Waals surface area (Å²) >= 11 is 0. The second kappa shape index (κ2) is 4.84. The molecular weight excluding hydrogens is 184 g/mol. The van der Waals surface area contributed by atoms with E-state index in [2.05, 4.69) is 24.5 Å². The molecule has 1 heterocycles. The van der Waals surface area contributed by atoms with Crippen molar-refractivity contribution in [1.29, 1.82) is 0 Å². The summed E-state index contributed by atoms with van der Waals surface area (Å²) in [4.78, 5) is 0. The lowest BCUT2D eigenvalue weighted by atomic mass is 9.92. The van der Waals surface area contributed by atoms with E-state index in [1.54, 1.807) is 0 Å². The summed E-state index contributed by atoms with van der Waals surface area (Å²) < 4.78 is 0. The van der Waals surface area contributed by atoms with Crippen LogP contribution in [-0.4, -0.2) is 26.2 Å². The zero-order valence-corrected chi connectivity index (χ0v) is 10.3. The Morgan fingerprint density at radius 2 is 1.93 bits per heavy atom. The normalized spacial score (nSPS) is 25.8. The topological polar surface area (TPSA) is 24.1 Å². The van der Waals surface area contributed by atoms with Gasteiger partial charge in [0.15, 0.2) is 0 Å². The first-order chi connectivity index (χ1) is 7.23. The van der Waals surface area contributed by atoms with Crippen molar-refractivity contribution < 1.29 is 0 Å². The van der Waals surface area contributed by atoms with Crippen molar-refractivity contribution in [3.8, 4) is 0 Å². The van der Waals surface area contributed by atoms with E-state index in [1.165, 1.54) is 51.9 Å². The third kappa shape index (κ3) is 2.94. The molecule has 2 N–H and O–H groups in total. The van der Waals surface area contributed by atoms with Gasteiger partial charge in [-0.05, 0) is 62.6 Å². The standard InChI is InChI=1S/C13H26N2/c1-11(2)13(5-6-13)10-15-9-12-3-7-14-8-4-12/h11-12,14-15H,3-10H2,1-2H3. The molecule has 1 aliphatic heterocycles. The highest BCUT2D eigenvalue weighted by Crippen LogP contribution is 2.51. The molecule has 0 aromatic carbocycles. The molecule has 0 bridgehead atoms. The lowest BCUT2D eigenvalue weighted by Gasteiger charge is -2.25. The largest absolute Gasteiger partial charge is 0.317 e. The number of hydrogen-bond acceptors (Lipinski definition) is 2. The predicted octanol–water partition coefficient (Wildman–Crippen LogP) is 2.01. The Bertz CT molecular complexity index is 191. The van der Waals surface area contributed by atoms with Gasteiger partial charge >= 0.3 is 0 Å². The molecule has 2 fully saturated rings. The second-order valence-corrected chi connectivity index (χ2v) is 5.84. The highest BCUT2D eigenvalue weighted by atomic mass is 14.9. The molecule has 2 rings (SSSR count). The average Bonchev–Trinajstić information content (AvgIpc) is 3.01. The van der Waals surface area contributed by atoms with Crippen LogP contribution in [0.4, 0.5) is 0 Å². The van der Waals surface area contributed by atoms with Crippen LogP contribution in [-0.2, 0) is 0 Å². The Labute approximate surface area is 94.2 Å². The van der Waals surface area contributed by atoms with Gasteiger partial charge in [0.1, 0.15) is 0 Å². The van der Waals surface area contributed by atoms with Crippen LogP contribution in [0, 0.1) is 17.3 Å². The van der Waals surface area contributed by atoms with Crippen molar-refractivity contribution in [2.24, 2.45) is 17.3 Å². The van der Waals surface area contributed by atoms with E-state index in [9.17, 15) is 0 Å². The van der Waals surface area contributed by atoms with Crippen LogP contribution < -0.4 is 10.6 Å². The maximum atomic E-state index is 3.71. The van der Waals surface area contributed by atoms with Crippen LogP contribution >= 0.6 is 0 Å². The Hall–Kier alpha value is -0.0800. The Balaban J connectivity index is 1.62. The zero-order valence-electron chi connectivity index (χ0n) is 10.3. The van der Waals surface area contributed by atoms with Crippen LogP contribution in [0.5, 0.6) is 0 Å². The molecule has 1 saturated heterocycles. The molecule has 1 saturated carbocycles. The highest BCUT2D eigenvalue weighted by molar-refractivity contribution is 4.97. The maximum Gasteiger partial charge on any atom is 0.00104 e. The number of piperidine rings is 1. The minimum Gasteiger partial charge on any atom is -0.317 e. The molecule has 88 valence electrons. The molecule has 0 unspecified atom stereocenters.